The molecule has 0 aliphatic carbocycles. The van der Waals surface area contributed by atoms with E-state index in [9.17, 15) is 14.0 Å². The van der Waals surface area contributed by atoms with Crippen molar-refractivity contribution in [3.8, 4) is 0 Å². The second-order valence-electron chi connectivity index (χ2n) is 5.27. The van der Waals surface area contributed by atoms with E-state index in [1.807, 2.05) is 13.0 Å². The van der Waals surface area contributed by atoms with Crippen LogP contribution >= 0.6 is 27.5 Å². The predicted molar refractivity (Wildman–Crippen MR) is 95.9 cm³/mol. The van der Waals surface area contributed by atoms with Gasteiger partial charge in [-0.05, 0) is 42.8 Å². The Morgan fingerprint density at radius 3 is 2.62 bits per heavy atom. The van der Waals surface area contributed by atoms with E-state index in [0.717, 1.165) is 21.0 Å². The number of halogens is 3. The van der Waals surface area contributed by atoms with Gasteiger partial charge >= 0.3 is 0 Å². The number of amides is 2. The molecule has 0 bridgehead atoms. The smallest absolute Gasteiger partial charge is 0.258 e. The van der Waals surface area contributed by atoms with Crippen LogP contribution in [0.2, 0.25) is 5.02 Å². The minimum Gasteiger partial charge on any atom is -0.332 e. The van der Waals surface area contributed by atoms with Crippen LogP contribution in [-0.4, -0.2) is 30.3 Å². The van der Waals surface area contributed by atoms with Crippen molar-refractivity contribution in [2.24, 2.45) is 0 Å². The van der Waals surface area contributed by atoms with Crippen LogP contribution in [0.3, 0.4) is 0 Å². The molecule has 7 heteroatoms. The molecule has 0 unspecified atom stereocenters. The van der Waals surface area contributed by atoms with Crippen molar-refractivity contribution < 1.29 is 14.0 Å². The highest BCUT2D eigenvalue weighted by Crippen LogP contribution is 2.21. The summed E-state index contributed by atoms with van der Waals surface area (Å²) in [5.74, 6) is -1.76. The summed E-state index contributed by atoms with van der Waals surface area (Å²) in [5.41, 5.74) is 1.28. The second-order valence-corrected chi connectivity index (χ2v) is 6.59. The maximum Gasteiger partial charge on any atom is 0.258 e. The molecular formula is C17H15BrClFN2O2. The fraction of sp³-hybridized carbons (Fsp3) is 0.176. The summed E-state index contributed by atoms with van der Waals surface area (Å²) in [6, 6.07) is 9.42. The first-order valence-electron chi connectivity index (χ1n) is 7.05. The standard InChI is InChI=1S/C17H15BrClFN2O2/c1-10-8-11(18)6-7-14(10)21-15(23)9-22(2)17(24)16-12(19)4-3-5-13(16)20/h3-8H,9H2,1-2H3,(H,21,23). The SMILES string of the molecule is Cc1cc(Br)ccc1NC(=O)CN(C)C(=O)c1c(F)cccc1Cl. The van der Waals surface area contributed by atoms with E-state index in [2.05, 4.69) is 21.2 Å². The van der Waals surface area contributed by atoms with Crippen molar-refractivity contribution in [3.05, 3.63) is 62.8 Å². The number of hydrogen-bond acceptors (Lipinski definition) is 2. The maximum atomic E-state index is 13.8. The molecule has 0 aliphatic heterocycles. The lowest BCUT2D eigenvalue weighted by Gasteiger charge is -2.18. The number of rotatable bonds is 4. The molecule has 0 aliphatic rings. The number of carbonyl (C=O) groups is 2. The zero-order chi connectivity index (χ0) is 17.9. The molecular weight excluding hydrogens is 399 g/mol. The molecule has 0 saturated heterocycles. The average molecular weight is 414 g/mol. The third kappa shape index (κ3) is 4.33. The Morgan fingerprint density at radius 2 is 2.00 bits per heavy atom. The van der Waals surface area contributed by atoms with Crippen LogP contribution in [0.5, 0.6) is 0 Å². The summed E-state index contributed by atoms with van der Waals surface area (Å²) < 4.78 is 14.7. The van der Waals surface area contributed by atoms with Crippen molar-refractivity contribution in [1.29, 1.82) is 0 Å². The molecule has 0 radical (unpaired) electrons. The van der Waals surface area contributed by atoms with E-state index in [1.54, 1.807) is 12.1 Å². The third-order valence-electron chi connectivity index (χ3n) is 3.37. The normalized spacial score (nSPS) is 10.4. The first kappa shape index (κ1) is 18.4. The van der Waals surface area contributed by atoms with Gasteiger partial charge in [-0.3, -0.25) is 9.59 Å². The van der Waals surface area contributed by atoms with Crippen LogP contribution in [0.4, 0.5) is 10.1 Å². The number of carbonyl (C=O) groups excluding carboxylic acids is 2. The monoisotopic (exact) mass is 412 g/mol. The lowest BCUT2D eigenvalue weighted by atomic mass is 10.2. The van der Waals surface area contributed by atoms with E-state index < -0.39 is 11.7 Å². The first-order chi connectivity index (χ1) is 11.3. The Kier molecular flexibility index (Phi) is 5.96. The Morgan fingerprint density at radius 1 is 1.29 bits per heavy atom. The zero-order valence-corrected chi connectivity index (χ0v) is 15.4. The van der Waals surface area contributed by atoms with Gasteiger partial charge in [-0.15, -0.1) is 0 Å². The molecule has 2 rings (SSSR count). The highest BCUT2D eigenvalue weighted by molar-refractivity contribution is 9.10. The van der Waals surface area contributed by atoms with E-state index in [1.165, 1.54) is 19.2 Å². The Bertz CT molecular complexity index is 778. The molecule has 2 aromatic rings. The van der Waals surface area contributed by atoms with Crippen LogP contribution in [-0.2, 0) is 4.79 Å². The lowest BCUT2D eigenvalue weighted by molar-refractivity contribution is -0.116. The number of benzene rings is 2. The summed E-state index contributed by atoms with van der Waals surface area (Å²) in [5, 5.41) is 2.73. The molecule has 126 valence electrons. The molecule has 0 atom stereocenters. The van der Waals surface area contributed by atoms with E-state index in [4.69, 9.17) is 11.6 Å². The minimum absolute atomic E-state index is 0.0102. The minimum atomic E-state index is -0.719. The predicted octanol–water partition coefficient (Wildman–Crippen LogP) is 4.26. The molecule has 4 nitrogen and oxygen atoms in total. The van der Waals surface area contributed by atoms with Crippen molar-refractivity contribution in [3.63, 3.8) is 0 Å². The van der Waals surface area contributed by atoms with Crippen molar-refractivity contribution >= 4 is 45.0 Å². The quantitative estimate of drug-likeness (QED) is 0.814. The summed E-state index contributed by atoms with van der Waals surface area (Å²) in [6.45, 7) is 1.63. The van der Waals surface area contributed by atoms with Gasteiger partial charge in [0.2, 0.25) is 5.91 Å². The number of likely N-dealkylation sites (N-methyl/N-ethyl adjacent to an activating group) is 1. The van der Waals surface area contributed by atoms with Gasteiger partial charge in [0.15, 0.2) is 0 Å². The summed E-state index contributed by atoms with van der Waals surface area (Å²) >= 11 is 9.23. The zero-order valence-electron chi connectivity index (χ0n) is 13.1. The Hall–Kier alpha value is -1.92. The number of anilines is 1. The number of nitrogens with one attached hydrogen (secondary N) is 1. The van der Waals surface area contributed by atoms with Crippen molar-refractivity contribution in [2.75, 3.05) is 18.9 Å². The average Bonchev–Trinajstić information content (AvgIpc) is 2.49. The van der Waals surface area contributed by atoms with Gasteiger partial charge in [-0.2, -0.15) is 0 Å². The van der Waals surface area contributed by atoms with Crippen LogP contribution in [0, 0.1) is 12.7 Å². The molecule has 0 fully saturated rings. The molecule has 0 spiro atoms. The van der Waals surface area contributed by atoms with Gasteiger partial charge in [0.25, 0.3) is 5.91 Å². The molecule has 24 heavy (non-hydrogen) atoms. The maximum absolute atomic E-state index is 13.8. The van der Waals surface area contributed by atoms with Gasteiger partial charge in [-0.1, -0.05) is 33.6 Å². The fourth-order valence-corrected chi connectivity index (χ4v) is 2.86. The number of nitrogens with zero attached hydrogens (tertiary/aromatic N) is 1. The van der Waals surface area contributed by atoms with E-state index in [-0.39, 0.29) is 23.0 Å². The second kappa shape index (κ2) is 7.77. The molecule has 2 aromatic carbocycles. The van der Waals surface area contributed by atoms with Crippen LogP contribution < -0.4 is 5.32 Å². The fourth-order valence-electron chi connectivity index (χ4n) is 2.14. The number of hydrogen-bond donors (Lipinski definition) is 1. The lowest BCUT2D eigenvalue weighted by Crippen LogP contribution is -2.35. The van der Waals surface area contributed by atoms with Crippen molar-refractivity contribution in [2.45, 2.75) is 6.92 Å². The highest BCUT2D eigenvalue weighted by atomic mass is 79.9. The van der Waals surface area contributed by atoms with Gasteiger partial charge < -0.3 is 10.2 Å². The van der Waals surface area contributed by atoms with Crippen LogP contribution in [0.1, 0.15) is 15.9 Å². The molecule has 0 heterocycles. The summed E-state index contributed by atoms with van der Waals surface area (Å²) in [4.78, 5) is 25.5. The van der Waals surface area contributed by atoms with E-state index in [0.29, 0.717) is 5.69 Å². The van der Waals surface area contributed by atoms with Gasteiger partial charge in [0.1, 0.15) is 5.82 Å². The Labute approximate surface area is 152 Å². The highest BCUT2D eigenvalue weighted by Gasteiger charge is 2.21. The molecule has 0 saturated carbocycles. The van der Waals surface area contributed by atoms with Gasteiger partial charge in [0.05, 0.1) is 17.1 Å². The van der Waals surface area contributed by atoms with E-state index >= 15 is 0 Å². The third-order valence-corrected chi connectivity index (χ3v) is 4.17. The van der Waals surface area contributed by atoms with Gasteiger partial charge in [0, 0.05) is 17.2 Å². The summed E-state index contributed by atoms with van der Waals surface area (Å²) in [6.07, 6.45) is 0. The Balaban J connectivity index is 2.07. The topological polar surface area (TPSA) is 49.4 Å². The van der Waals surface area contributed by atoms with Crippen molar-refractivity contribution in [1.82, 2.24) is 4.90 Å². The summed E-state index contributed by atoms with van der Waals surface area (Å²) in [7, 11) is 1.42. The first-order valence-corrected chi connectivity index (χ1v) is 8.22. The molecule has 2 amide bonds. The number of aryl methyl sites for hydroxylation is 1. The van der Waals surface area contributed by atoms with Gasteiger partial charge in [-0.25, -0.2) is 4.39 Å². The molecule has 1 N–H and O–H groups in total. The van der Waals surface area contributed by atoms with Crippen LogP contribution in [0.25, 0.3) is 0 Å². The van der Waals surface area contributed by atoms with Crippen LogP contribution in [0.15, 0.2) is 40.9 Å². The largest absolute Gasteiger partial charge is 0.332 e. The molecule has 0 aromatic heterocycles.